The number of carbonyl (C=O) groups excluding carboxylic acids is 4. The molecule has 2 saturated heterocycles. The van der Waals surface area contributed by atoms with Crippen LogP contribution in [0.4, 0.5) is 15.6 Å². The van der Waals surface area contributed by atoms with Crippen molar-refractivity contribution in [1.29, 1.82) is 0 Å². The van der Waals surface area contributed by atoms with Crippen molar-refractivity contribution in [3.05, 3.63) is 40.9 Å². The van der Waals surface area contributed by atoms with Gasteiger partial charge in [0.15, 0.2) is 5.13 Å². The summed E-state index contributed by atoms with van der Waals surface area (Å²) in [5.41, 5.74) is 1.88. The van der Waals surface area contributed by atoms with Gasteiger partial charge in [-0.05, 0) is 30.2 Å². The molecule has 1 atom stereocenters. The van der Waals surface area contributed by atoms with Gasteiger partial charge in [-0.3, -0.25) is 19.7 Å². The van der Waals surface area contributed by atoms with E-state index in [-0.39, 0.29) is 30.8 Å². The maximum Gasteiger partial charge on any atom is 0.321 e. The minimum Gasteiger partial charge on any atom is -0.345 e. The fourth-order valence-corrected chi connectivity index (χ4v) is 5.02. The monoisotopic (exact) mass is 454 g/mol. The van der Waals surface area contributed by atoms with E-state index in [1.54, 1.807) is 40.6 Å². The molecule has 0 saturated carbocycles. The molecule has 1 aromatic carbocycles. The molecule has 10 nitrogen and oxygen atoms in total. The Labute approximate surface area is 188 Å². The summed E-state index contributed by atoms with van der Waals surface area (Å²) in [7, 11) is 0. The summed E-state index contributed by atoms with van der Waals surface area (Å²) in [6, 6.07) is 4.33. The van der Waals surface area contributed by atoms with Crippen molar-refractivity contribution in [2.24, 2.45) is 0 Å². The van der Waals surface area contributed by atoms with Crippen LogP contribution in [0.1, 0.15) is 28.8 Å². The first-order valence-electron chi connectivity index (χ1n) is 10.5. The molecule has 4 heterocycles. The topological polar surface area (TPSA) is 115 Å². The van der Waals surface area contributed by atoms with Crippen LogP contribution in [0.5, 0.6) is 0 Å². The van der Waals surface area contributed by atoms with Crippen LogP contribution in [0.15, 0.2) is 29.8 Å². The highest BCUT2D eigenvalue weighted by Gasteiger charge is 2.39. The van der Waals surface area contributed by atoms with E-state index >= 15 is 0 Å². The lowest BCUT2D eigenvalue weighted by atomic mass is 10.0. The van der Waals surface area contributed by atoms with Crippen LogP contribution in [-0.4, -0.2) is 70.8 Å². The standard InChI is InChI=1S/C21H22N6O4S/c28-17-4-3-16(18(29)24-17)27-12-13-11-14(1-2-15(13)19(27)30)23-20(31)25-6-8-26(9-7-25)21-22-5-10-32-21/h1-2,5,10-11,16H,3-4,6-9,12H2,(H,23,31)(H,24,28,29). The van der Waals surface area contributed by atoms with E-state index < -0.39 is 11.9 Å². The maximum atomic E-state index is 12.8. The number of rotatable bonds is 3. The number of thiazole rings is 1. The number of piperidine rings is 1. The van der Waals surface area contributed by atoms with Gasteiger partial charge in [-0.2, -0.15) is 0 Å². The number of fused-ring (bicyclic) bond motifs is 1. The Bertz CT molecular complexity index is 1080. The Kier molecular flexibility index (Phi) is 5.25. The minimum absolute atomic E-state index is 0.185. The first kappa shape index (κ1) is 20.4. The van der Waals surface area contributed by atoms with Crippen molar-refractivity contribution in [2.45, 2.75) is 25.4 Å². The van der Waals surface area contributed by atoms with Crippen molar-refractivity contribution >= 4 is 45.9 Å². The van der Waals surface area contributed by atoms with Crippen molar-refractivity contribution in [3.63, 3.8) is 0 Å². The molecule has 0 radical (unpaired) electrons. The van der Waals surface area contributed by atoms with Gasteiger partial charge in [0.25, 0.3) is 5.91 Å². The van der Waals surface area contributed by atoms with Crippen LogP contribution < -0.4 is 15.5 Å². The van der Waals surface area contributed by atoms with Gasteiger partial charge in [0.2, 0.25) is 11.8 Å². The molecule has 0 bridgehead atoms. The second-order valence-corrected chi connectivity index (χ2v) is 8.86. The lowest BCUT2D eigenvalue weighted by Crippen LogP contribution is -2.52. The molecule has 2 fully saturated rings. The Balaban J connectivity index is 1.21. The third kappa shape index (κ3) is 3.79. The second kappa shape index (κ2) is 8.23. The number of benzene rings is 1. The number of nitrogens with one attached hydrogen (secondary N) is 2. The zero-order chi connectivity index (χ0) is 22.2. The number of hydrogen-bond donors (Lipinski definition) is 2. The molecule has 0 aliphatic carbocycles. The number of aromatic nitrogens is 1. The number of amides is 5. The Morgan fingerprint density at radius 1 is 1.16 bits per heavy atom. The van der Waals surface area contributed by atoms with E-state index in [1.165, 1.54) is 4.90 Å². The zero-order valence-corrected chi connectivity index (χ0v) is 18.1. The fraction of sp³-hybridized carbons (Fsp3) is 0.381. The second-order valence-electron chi connectivity index (χ2n) is 7.99. The zero-order valence-electron chi connectivity index (χ0n) is 17.2. The minimum atomic E-state index is -0.653. The summed E-state index contributed by atoms with van der Waals surface area (Å²) in [4.78, 5) is 58.8. The molecule has 5 rings (SSSR count). The summed E-state index contributed by atoms with van der Waals surface area (Å²) in [5, 5.41) is 8.12. The largest absolute Gasteiger partial charge is 0.345 e. The fourth-order valence-electron chi connectivity index (χ4n) is 4.33. The molecule has 1 unspecified atom stereocenters. The summed E-state index contributed by atoms with van der Waals surface area (Å²) < 4.78 is 0. The molecule has 2 N–H and O–H groups in total. The summed E-state index contributed by atoms with van der Waals surface area (Å²) in [6.07, 6.45) is 2.31. The molecule has 11 heteroatoms. The average molecular weight is 455 g/mol. The molecule has 1 aromatic heterocycles. The highest BCUT2D eigenvalue weighted by atomic mass is 32.1. The lowest BCUT2D eigenvalue weighted by Gasteiger charge is -2.34. The van der Waals surface area contributed by atoms with Gasteiger partial charge in [0.1, 0.15) is 6.04 Å². The molecular formula is C21H22N6O4S. The predicted molar refractivity (Wildman–Crippen MR) is 117 cm³/mol. The van der Waals surface area contributed by atoms with Gasteiger partial charge in [0.05, 0.1) is 0 Å². The normalized spacial score (nSPS) is 20.9. The van der Waals surface area contributed by atoms with Crippen LogP contribution in [0.2, 0.25) is 0 Å². The van der Waals surface area contributed by atoms with Crippen LogP contribution in [-0.2, 0) is 16.1 Å². The number of hydrogen-bond acceptors (Lipinski definition) is 7. The van der Waals surface area contributed by atoms with Gasteiger partial charge >= 0.3 is 6.03 Å². The molecule has 166 valence electrons. The number of imide groups is 1. The van der Waals surface area contributed by atoms with E-state index in [1.807, 2.05) is 5.38 Å². The number of urea groups is 1. The lowest BCUT2D eigenvalue weighted by molar-refractivity contribution is -0.136. The third-order valence-electron chi connectivity index (χ3n) is 6.03. The first-order chi connectivity index (χ1) is 15.5. The SMILES string of the molecule is O=C1CCC(N2Cc3cc(NC(=O)N4CCN(c5nccs5)CC4)ccc3C2=O)C(=O)N1. The first-order valence-corrected chi connectivity index (χ1v) is 11.4. The number of nitrogens with zero attached hydrogens (tertiary/aromatic N) is 4. The van der Waals surface area contributed by atoms with E-state index in [0.29, 0.717) is 30.8 Å². The van der Waals surface area contributed by atoms with Crippen molar-refractivity contribution < 1.29 is 19.2 Å². The van der Waals surface area contributed by atoms with E-state index in [4.69, 9.17) is 0 Å². The number of carbonyl (C=O) groups is 4. The van der Waals surface area contributed by atoms with Gasteiger partial charge in [-0.1, -0.05) is 0 Å². The smallest absolute Gasteiger partial charge is 0.321 e. The van der Waals surface area contributed by atoms with Gasteiger partial charge in [0, 0.05) is 62.0 Å². The molecular weight excluding hydrogens is 432 g/mol. The van der Waals surface area contributed by atoms with Crippen LogP contribution >= 0.6 is 11.3 Å². The van der Waals surface area contributed by atoms with Crippen molar-refractivity contribution in [2.75, 3.05) is 36.4 Å². The van der Waals surface area contributed by atoms with Crippen LogP contribution in [0.25, 0.3) is 0 Å². The maximum absolute atomic E-state index is 12.8. The Morgan fingerprint density at radius 3 is 2.69 bits per heavy atom. The molecule has 5 amide bonds. The highest BCUT2D eigenvalue weighted by Crippen LogP contribution is 2.29. The number of anilines is 2. The Hall–Kier alpha value is -3.47. The van der Waals surface area contributed by atoms with E-state index in [2.05, 4.69) is 20.5 Å². The van der Waals surface area contributed by atoms with Gasteiger partial charge in [-0.25, -0.2) is 9.78 Å². The molecule has 2 aromatic rings. The molecule has 0 spiro atoms. The highest BCUT2D eigenvalue weighted by molar-refractivity contribution is 7.13. The predicted octanol–water partition coefficient (Wildman–Crippen LogP) is 1.26. The summed E-state index contributed by atoms with van der Waals surface area (Å²) >= 11 is 1.59. The number of piperazine rings is 1. The van der Waals surface area contributed by atoms with Crippen molar-refractivity contribution in [1.82, 2.24) is 20.1 Å². The van der Waals surface area contributed by atoms with E-state index in [9.17, 15) is 19.2 Å². The van der Waals surface area contributed by atoms with Crippen molar-refractivity contribution in [3.8, 4) is 0 Å². The quantitative estimate of drug-likeness (QED) is 0.675. The average Bonchev–Trinajstić information content (AvgIpc) is 3.43. The molecule has 32 heavy (non-hydrogen) atoms. The van der Waals surface area contributed by atoms with E-state index in [0.717, 1.165) is 23.8 Å². The summed E-state index contributed by atoms with van der Waals surface area (Å²) in [5.74, 6) is -0.980. The Morgan fingerprint density at radius 2 is 1.97 bits per heavy atom. The molecule has 3 aliphatic rings. The van der Waals surface area contributed by atoms with Gasteiger partial charge in [-0.15, -0.1) is 11.3 Å². The van der Waals surface area contributed by atoms with Gasteiger partial charge < -0.3 is 20.0 Å². The van der Waals surface area contributed by atoms with Crippen LogP contribution in [0.3, 0.4) is 0 Å². The third-order valence-corrected chi connectivity index (χ3v) is 6.86. The van der Waals surface area contributed by atoms with Crippen LogP contribution in [0, 0.1) is 0 Å². The molecule has 3 aliphatic heterocycles. The summed E-state index contributed by atoms with van der Waals surface area (Å²) in [6.45, 7) is 2.91.